The van der Waals surface area contributed by atoms with Gasteiger partial charge in [0.25, 0.3) is 0 Å². The first kappa shape index (κ1) is 12.6. The van der Waals surface area contributed by atoms with Crippen LogP contribution in [0.5, 0.6) is 0 Å². The molecule has 1 aliphatic heterocycles. The fraction of sp³-hybridized carbons (Fsp3) is 0.600. The van der Waals surface area contributed by atoms with Crippen molar-refractivity contribution in [1.29, 1.82) is 0 Å². The number of benzene rings is 1. The van der Waals surface area contributed by atoms with Gasteiger partial charge >= 0.3 is 0 Å². The minimum Gasteiger partial charge on any atom is -0.385 e. The van der Waals surface area contributed by atoms with Crippen molar-refractivity contribution in [2.75, 3.05) is 6.61 Å². The smallest absolute Gasteiger partial charge is 0.108 e. The molecule has 0 aliphatic carbocycles. The fourth-order valence-corrected chi connectivity index (χ4v) is 2.63. The van der Waals surface area contributed by atoms with Crippen molar-refractivity contribution in [2.45, 2.75) is 51.7 Å². The number of rotatable bonds is 2. The quantitative estimate of drug-likeness (QED) is 0.850. The summed E-state index contributed by atoms with van der Waals surface area (Å²) in [4.78, 5) is 0. The van der Waals surface area contributed by atoms with Crippen LogP contribution in [-0.4, -0.2) is 17.3 Å². The summed E-state index contributed by atoms with van der Waals surface area (Å²) in [5.41, 5.74) is 2.96. The summed E-state index contributed by atoms with van der Waals surface area (Å²) >= 11 is 0. The Morgan fingerprint density at radius 2 is 2.06 bits per heavy atom. The van der Waals surface area contributed by atoms with Crippen molar-refractivity contribution >= 4 is 0 Å². The van der Waals surface area contributed by atoms with Gasteiger partial charge in [-0.15, -0.1) is 0 Å². The van der Waals surface area contributed by atoms with Crippen LogP contribution in [0.2, 0.25) is 0 Å². The lowest BCUT2D eigenvalue weighted by atomic mass is 9.84. The molecule has 0 amide bonds. The third-order valence-corrected chi connectivity index (χ3v) is 3.80. The van der Waals surface area contributed by atoms with Crippen LogP contribution in [0.3, 0.4) is 0 Å². The van der Waals surface area contributed by atoms with Gasteiger partial charge in [0.05, 0.1) is 5.60 Å². The summed E-state index contributed by atoms with van der Waals surface area (Å²) in [7, 11) is 0. The van der Waals surface area contributed by atoms with Crippen LogP contribution in [0, 0.1) is 13.8 Å². The molecule has 2 unspecified atom stereocenters. The van der Waals surface area contributed by atoms with E-state index in [9.17, 15) is 5.11 Å². The first-order chi connectivity index (χ1) is 8.03. The van der Waals surface area contributed by atoms with E-state index < -0.39 is 11.7 Å². The summed E-state index contributed by atoms with van der Waals surface area (Å²) in [6.45, 7) is 6.91. The summed E-state index contributed by atoms with van der Waals surface area (Å²) in [5.74, 6) is 0. The molecule has 0 bridgehead atoms. The predicted octanol–water partition coefficient (Wildman–Crippen LogP) is 3.30. The van der Waals surface area contributed by atoms with Gasteiger partial charge in [-0.1, -0.05) is 23.8 Å². The van der Waals surface area contributed by atoms with Crippen LogP contribution in [0.4, 0.5) is 0 Å². The maximum atomic E-state index is 10.6. The van der Waals surface area contributed by atoms with Crippen LogP contribution in [0.15, 0.2) is 18.2 Å². The Bertz CT molecular complexity index is 392. The summed E-state index contributed by atoms with van der Waals surface area (Å²) in [6, 6.07) is 6.20. The SMILES string of the molecule is Cc1ccc(C(O)C2(C)CCCCO2)c(C)c1. The lowest BCUT2D eigenvalue weighted by Crippen LogP contribution is -2.39. The first-order valence-corrected chi connectivity index (χ1v) is 6.42. The van der Waals surface area contributed by atoms with Crippen LogP contribution in [-0.2, 0) is 4.74 Å². The van der Waals surface area contributed by atoms with Crippen LogP contribution < -0.4 is 0 Å². The van der Waals surface area contributed by atoms with Gasteiger partial charge in [0.15, 0.2) is 0 Å². The van der Waals surface area contributed by atoms with Gasteiger partial charge in [0.1, 0.15) is 6.10 Å². The van der Waals surface area contributed by atoms with E-state index in [4.69, 9.17) is 4.74 Å². The molecule has 0 aromatic heterocycles. The first-order valence-electron chi connectivity index (χ1n) is 6.42. The monoisotopic (exact) mass is 234 g/mol. The molecule has 17 heavy (non-hydrogen) atoms. The van der Waals surface area contributed by atoms with E-state index in [1.165, 1.54) is 5.56 Å². The highest BCUT2D eigenvalue weighted by molar-refractivity contribution is 5.33. The summed E-state index contributed by atoms with van der Waals surface area (Å²) in [6.07, 6.45) is 2.65. The molecule has 2 nitrogen and oxygen atoms in total. The van der Waals surface area contributed by atoms with Gasteiger partial charge in [-0.3, -0.25) is 0 Å². The van der Waals surface area contributed by atoms with Crippen LogP contribution in [0.25, 0.3) is 0 Å². The topological polar surface area (TPSA) is 29.5 Å². The van der Waals surface area contributed by atoms with E-state index in [0.717, 1.165) is 37.0 Å². The molecule has 0 saturated carbocycles. The van der Waals surface area contributed by atoms with Crippen LogP contribution in [0.1, 0.15) is 49.0 Å². The van der Waals surface area contributed by atoms with Gasteiger partial charge in [0, 0.05) is 6.61 Å². The molecule has 1 aromatic carbocycles. The molecule has 94 valence electrons. The molecule has 0 radical (unpaired) electrons. The Hall–Kier alpha value is -0.860. The molecule has 2 rings (SSSR count). The Balaban J connectivity index is 2.26. The van der Waals surface area contributed by atoms with Gasteiger partial charge in [-0.25, -0.2) is 0 Å². The third-order valence-electron chi connectivity index (χ3n) is 3.80. The lowest BCUT2D eigenvalue weighted by molar-refractivity contribution is -0.138. The van der Waals surface area contributed by atoms with Crippen LogP contribution >= 0.6 is 0 Å². The number of aliphatic hydroxyl groups is 1. The minimum atomic E-state index is -0.525. The molecule has 1 heterocycles. The Labute approximate surface area is 104 Å². The minimum absolute atomic E-state index is 0.418. The van der Waals surface area contributed by atoms with E-state index in [-0.39, 0.29) is 0 Å². The largest absolute Gasteiger partial charge is 0.385 e. The fourth-order valence-electron chi connectivity index (χ4n) is 2.63. The van der Waals surface area contributed by atoms with Crippen molar-refractivity contribution < 1.29 is 9.84 Å². The predicted molar refractivity (Wildman–Crippen MR) is 69.1 cm³/mol. The number of hydrogen-bond donors (Lipinski definition) is 1. The maximum absolute atomic E-state index is 10.6. The second kappa shape index (κ2) is 4.79. The highest BCUT2D eigenvalue weighted by atomic mass is 16.5. The summed E-state index contributed by atoms with van der Waals surface area (Å²) in [5, 5.41) is 10.6. The number of ether oxygens (including phenoxy) is 1. The highest BCUT2D eigenvalue weighted by Gasteiger charge is 2.37. The third kappa shape index (κ3) is 2.53. The van der Waals surface area contributed by atoms with Gasteiger partial charge in [-0.05, 0) is 51.2 Å². The summed E-state index contributed by atoms with van der Waals surface area (Å²) < 4.78 is 5.82. The number of aryl methyl sites for hydroxylation is 2. The Morgan fingerprint density at radius 1 is 1.29 bits per heavy atom. The van der Waals surface area contributed by atoms with E-state index in [0.29, 0.717) is 0 Å². The molecule has 1 aromatic rings. The molecule has 1 saturated heterocycles. The van der Waals surface area contributed by atoms with Gasteiger partial charge in [-0.2, -0.15) is 0 Å². The maximum Gasteiger partial charge on any atom is 0.108 e. The normalized spacial score (nSPS) is 26.8. The van der Waals surface area contributed by atoms with Crippen molar-refractivity contribution in [2.24, 2.45) is 0 Å². The van der Waals surface area contributed by atoms with E-state index in [1.54, 1.807) is 0 Å². The number of hydrogen-bond acceptors (Lipinski definition) is 2. The Morgan fingerprint density at radius 3 is 2.65 bits per heavy atom. The molecule has 0 spiro atoms. The van der Waals surface area contributed by atoms with Crippen molar-refractivity contribution in [3.05, 3.63) is 34.9 Å². The van der Waals surface area contributed by atoms with Crippen molar-refractivity contribution in [3.8, 4) is 0 Å². The average molecular weight is 234 g/mol. The molecule has 2 atom stereocenters. The molecule has 2 heteroatoms. The van der Waals surface area contributed by atoms with Crippen molar-refractivity contribution in [1.82, 2.24) is 0 Å². The molecular formula is C15H22O2. The molecule has 1 fully saturated rings. The number of aliphatic hydroxyl groups excluding tert-OH is 1. The lowest BCUT2D eigenvalue weighted by Gasteiger charge is -2.38. The molecule has 1 aliphatic rings. The van der Waals surface area contributed by atoms with Crippen molar-refractivity contribution in [3.63, 3.8) is 0 Å². The average Bonchev–Trinajstić information content (AvgIpc) is 2.29. The Kier molecular flexibility index (Phi) is 3.55. The van der Waals surface area contributed by atoms with Gasteiger partial charge < -0.3 is 9.84 Å². The zero-order chi connectivity index (χ0) is 12.5. The van der Waals surface area contributed by atoms with E-state index in [2.05, 4.69) is 26.0 Å². The molecular weight excluding hydrogens is 212 g/mol. The van der Waals surface area contributed by atoms with E-state index in [1.807, 2.05) is 13.0 Å². The van der Waals surface area contributed by atoms with E-state index >= 15 is 0 Å². The second-order valence-electron chi connectivity index (χ2n) is 5.38. The standard InChI is InChI=1S/C15H22O2/c1-11-6-7-13(12(2)10-11)14(16)15(3)8-4-5-9-17-15/h6-7,10,14,16H,4-5,8-9H2,1-3H3. The zero-order valence-corrected chi connectivity index (χ0v) is 11.0. The highest BCUT2D eigenvalue weighted by Crippen LogP contribution is 2.37. The second-order valence-corrected chi connectivity index (χ2v) is 5.38. The molecule has 1 N–H and O–H groups in total. The van der Waals surface area contributed by atoms with Gasteiger partial charge in [0.2, 0.25) is 0 Å². The zero-order valence-electron chi connectivity index (χ0n) is 11.0.